The van der Waals surface area contributed by atoms with Crippen LogP contribution < -0.4 is 0 Å². The van der Waals surface area contributed by atoms with Gasteiger partial charge in [-0.2, -0.15) is 5.10 Å². The smallest absolute Gasteiger partial charge is 0.330 e. The summed E-state index contributed by atoms with van der Waals surface area (Å²) in [4.78, 5) is 11.4. The first-order valence-electron chi connectivity index (χ1n) is 4.53. The monoisotopic (exact) mass is 258 g/mol. The van der Waals surface area contributed by atoms with E-state index in [0.29, 0.717) is 0 Å². The van der Waals surface area contributed by atoms with Crippen molar-refractivity contribution in [2.45, 2.75) is 25.3 Å². The number of fused-ring (bicyclic) bond motifs is 1. The van der Waals surface area contributed by atoms with Crippen LogP contribution in [0.4, 0.5) is 0 Å². The van der Waals surface area contributed by atoms with Crippen LogP contribution in [-0.4, -0.2) is 22.9 Å². The largest absolute Gasteiger partial charge is 0.467 e. The SMILES string of the molecule is COC(=O)C1CCCc2c(Br)cnn21. The molecular weight excluding hydrogens is 248 g/mol. The lowest BCUT2D eigenvalue weighted by molar-refractivity contribution is -0.145. The highest BCUT2D eigenvalue weighted by Gasteiger charge is 2.28. The second kappa shape index (κ2) is 3.73. The molecule has 0 fully saturated rings. The molecule has 4 nitrogen and oxygen atoms in total. The van der Waals surface area contributed by atoms with Gasteiger partial charge >= 0.3 is 5.97 Å². The second-order valence-electron chi connectivity index (χ2n) is 3.31. The molecule has 2 heterocycles. The van der Waals surface area contributed by atoms with Crippen molar-refractivity contribution in [1.29, 1.82) is 0 Å². The molecule has 0 radical (unpaired) electrons. The number of halogens is 1. The summed E-state index contributed by atoms with van der Waals surface area (Å²) in [5, 5.41) is 4.18. The van der Waals surface area contributed by atoms with Gasteiger partial charge in [0, 0.05) is 0 Å². The number of rotatable bonds is 1. The van der Waals surface area contributed by atoms with E-state index in [-0.39, 0.29) is 12.0 Å². The van der Waals surface area contributed by atoms with Crippen LogP contribution in [0.5, 0.6) is 0 Å². The molecule has 0 saturated heterocycles. The third-order valence-corrected chi connectivity index (χ3v) is 3.17. The van der Waals surface area contributed by atoms with E-state index >= 15 is 0 Å². The fraction of sp³-hybridized carbons (Fsp3) is 0.556. The average Bonchev–Trinajstić information content (AvgIpc) is 2.59. The van der Waals surface area contributed by atoms with E-state index < -0.39 is 0 Å². The molecule has 0 bridgehead atoms. The Morgan fingerprint density at radius 1 is 1.79 bits per heavy atom. The molecule has 0 N–H and O–H groups in total. The molecule has 0 amide bonds. The van der Waals surface area contributed by atoms with Gasteiger partial charge in [0.1, 0.15) is 6.04 Å². The fourth-order valence-corrected chi connectivity index (χ4v) is 2.28. The quantitative estimate of drug-likeness (QED) is 0.721. The Labute approximate surface area is 90.4 Å². The van der Waals surface area contributed by atoms with Gasteiger partial charge in [0.2, 0.25) is 0 Å². The van der Waals surface area contributed by atoms with Crippen LogP contribution in [0.15, 0.2) is 10.7 Å². The van der Waals surface area contributed by atoms with Crippen molar-refractivity contribution in [1.82, 2.24) is 9.78 Å². The minimum Gasteiger partial charge on any atom is -0.467 e. The molecule has 1 aliphatic heterocycles. The molecule has 1 unspecified atom stereocenters. The van der Waals surface area contributed by atoms with Gasteiger partial charge in [-0.05, 0) is 35.2 Å². The zero-order chi connectivity index (χ0) is 10.1. The summed E-state index contributed by atoms with van der Waals surface area (Å²) in [6, 6.07) is -0.241. The number of hydrogen-bond donors (Lipinski definition) is 0. The van der Waals surface area contributed by atoms with Gasteiger partial charge in [-0.1, -0.05) is 0 Å². The maximum absolute atomic E-state index is 11.4. The van der Waals surface area contributed by atoms with E-state index in [0.717, 1.165) is 29.4 Å². The Hall–Kier alpha value is -0.840. The van der Waals surface area contributed by atoms with Gasteiger partial charge < -0.3 is 4.74 Å². The van der Waals surface area contributed by atoms with Gasteiger partial charge in [0.25, 0.3) is 0 Å². The highest BCUT2D eigenvalue weighted by Crippen LogP contribution is 2.29. The minimum absolute atomic E-state index is 0.207. The van der Waals surface area contributed by atoms with Crippen molar-refractivity contribution in [3.8, 4) is 0 Å². The maximum Gasteiger partial charge on any atom is 0.330 e. The molecule has 1 aromatic rings. The molecule has 0 saturated carbocycles. The summed E-state index contributed by atoms with van der Waals surface area (Å²) >= 11 is 3.42. The van der Waals surface area contributed by atoms with E-state index in [1.54, 1.807) is 10.9 Å². The molecular formula is C9H11BrN2O2. The van der Waals surface area contributed by atoms with E-state index in [9.17, 15) is 4.79 Å². The lowest BCUT2D eigenvalue weighted by Crippen LogP contribution is -2.26. The van der Waals surface area contributed by atoms with Gasteiger partial charge in [-0.15, -0.1) is 0 Å². The molecule has 5 heteroatoms. The topological polar surface area (TPSA) is 44.1 Å². The number of esters is 1. The van der Waals surface area contributed by atoms with Crippen LogP contribution in [0.25, 0.3) is 0 Å². The van der Waals surface area contributed by atoms with Gasteiger partial charge in [-0.3, -0.25) is 4.68 Å². The molecule has 76 valence electrons. The lowest BCUT2D eigenvalue weighted by Gasteiger charge is -2.22. The van der Waals surface area contributed by atoms with E-state index in [1.807, 2.05) is 0 Å². The van der Waals surface area contributed by atoms with Crippen molar-refractivity contribution in [3.63, 3.8) is 0 Å². The van der Waals surface area contributed by atoms with Crippen LogP contribution in [0, 0.1) is 0 Å². The van der Waals surface area contributed by atoms with Gasteiger partial charge in [-0.25, -0.2) is 4.79 Å². The highest BCUT2D eigenvalue weighted by atomic mass is 79.9. The lowest BCUT2D eigenvalue weighted by atomic mass is 10.0. The van der Waals surface area contributed by atoms with Gasteiger partial charge in [0.05, 0.1) is 23.5 Å². The molecule has 0 aromatic carbocycles. The van der Waals surface area contributed by atoms with Crippen molar-refractivity contribution >= 4 is 21.9 Å². The highest BCUT2D eigenvalue weighted by molar-refractivity contribution is 9.10. The molecule has 1 aromatic heterocycles. The first kappa shape index (κ1) is 9.71. The Bertz CT molecular complexity index is 362. The zero-order valence-electron chi connectivity index (χ0n) is 7.86. The summed E-state index contributed by atoms with van der Waals surface area (Å²) in [6.45, 7) is 0. The Morgan fingerprint density at radius 2 is 2.57 bits per heavy atom. The predicted molar refractivity (Wildman–Crippen MR) is 53.9 cm³/mol. The Morgan fingerprint density at radius 3 is 3.29 bits per heavy atom. The second-order valence-corrected chi connectivity index (χ2v) is 4.17. The normalized spacial score (nSPS) is 20.3. The predicted octanol–water partition coefficient (Wildman–Crippen LogP) is 1.70. The number of nitrogens with zero attached hydrogens (tertiary/aromatic N) is 2. The van der Waals surface area contributed by atoms with E-state index in [2.05, 4.69) is 21.0 Å². The summed E-state index contributed by atoms with van der Waals surface area (Å²) in [5.74, 6) is -0.207. The number of carbonyl (C=O) groups excluding carboxylic acids is 1. The molecule has 0 spiro atoms. The number of ether oxygens (including phenoxy) is 1. The Kier molecular flexibility index (Phi) is 2.58. The van der Waals surface area contributed by atoms with Crippen molar-refractivity contribution in [2.75, 3.05) is 7.11 Å². The molecule has 0 aliphatic carbocycles. The number of hydrogen-bond acceptors (Lipinski definition) is 3. The zero-order valence-corrected chi connectivity index (χ0v) is 9.45. The van der Waals surface area contributed by atoms with E-state index in [1.165, 1.54) is 7.11 Å². The van der Waals surface area contributed by atoms with Crippen LogP contribution in [0.3, 0.4) is 0 Å². The number of carbonyl (C=O) groups is 1. The van der Waals surface area contributed by atoms with Crippen LogP contribution in [-0.2, 0) is 16.0 Å². The van der Waals surface area contributed by atoms with Crippen LogP contribution in [0.1, 0.15) is 24.6 Å². The average molecular weight is 259 g/mol. The van der Waals surface area contributed by atoms with E-state index in [4.69, 9.17) is 4.74 Å². The third kappa shape index (κ3) is 1.45. The summed E-state index contributed by atoms with van der Waals surface area (Å²) in [5.41, 5.74) is 1.09. The molecule has 1 aliphatic rings. The first-order chi connectivity index (χ1) is 6.74. The van der Waals surface area contributed by atoms with Gasteiger partial charge in [0.15, 0.2) is 0 Å². The third-order valence-electron chi connectivity index (χ3n) is 2.51. The van der Waals surface area contributed by atoms with Crippen molar-refractivity contribution in [3.05, 3.63) is 16.4 Å². The van der Waals surface area contributed by atoms with Crippen LogP contribution >= 0.6 is 15.9 Å². The standard InChI is InChI=1S/C9H11BrN2O2/c1-14-9(13)8-4-2-3-7-6(10)5-11-12(7)8/h5,8H,2-4H2,1H3. The maximum atomic E-state index is 11.4. The fourth-order valence-electron chi connectivity index (χ4n) is 1.81. The minimum atomic E-state index is -0.241. The molecule has 14 heavy (non-hydrogen) atoms. The number of methoxy groups -OCH3 is 1. The Balaban J connectivity index is 2.36. The van der Waals surface area contributed by atoms with Crippen molar-refractivity contribution < 1.29 is 9.53 Å². The number of aromatic nitrogens is 2. The summed E-state index contributed by atoms with van der Waals surface area (Å²) in [6.07, 6.45) is 4.52. The van der Waals surface area contributed by atoms with Crippen molar-refractivity contribution in [2.24, 2.45) is 0 Å². The summed E-state index contributed by atoms with van der Waals surface area (Å²) < 4.78 is 7.48. The molecule has 2 rings (SSSR count). The van der Waals surface area contributed by atoms with Crippen LogP contribution in [0.2, 0.25) is 0 Å². The summed E-state index contributed by atoms with van der Waals surface area (Å²) in [7, 11) is 1.41. The first-order valence-corrected chi connectivity index (χ1v) is 5.33. The molecule has 1 atom stereocenters.